The second-order valence-corrected chi connectivity index (χ2v) is 6.09. The maximum absolute atomic E-state index is 11.7. The molecule has 0 fully saturated rings. The zero-order valence-electron chi connectivity index (χ0n) is 13.2. The third-order valence-corrected chi connectivity index (χ3v) is 3.72. The SMILES string of the molecule is CC(C)CNC(=O)CCNC(C)c1ccc2c(c1)CCO2. The van der Waals surface area contributed by atoms with E-state index in [9.17, 15) is 4.79 Å². The number of carbonyl (C=O) groups is 1. The van der Waals surface area contributed by atoms with Crippen LogP contribution in [0.4, 0.5) is 0 Å². The Hall–Kier alpha value is -1.55. The number of hydrogen-bond donors (Lipinski definition) is 2. The van der Waals surface area contributed by atoms with Gasteiger partial charge in [0, 0.05) is 32.0 Å². The van der Waals surface area contributed by atoms with Gasteiger partial charge in [-0.1, -0.05) is 26.0 Å². The Kier molecular flexibility index (Phi) is 5.62. The van der Waals surface area contributed by atoms with E-state index >= 15 is 0 Å². The van der Waals surface area contributed by atoms with E-state index in [2.05, 4.69) is 43.5 Å². The summed E-state index contributed by atoms with van der Waals surface area (Å²) in [6.07, 6.45) is 1.51. The lowest BCUT2D eigenvalue weighted by atomic mass is 10.0. The number of carbonyl (C=O) groups excluding carboxylic acids is 1. The summed E-state index contributed by atoms with van der Waals surface area (Å²) >= 11 is 0. The van der Waals surface area contributed by atoms with Crippen LogP contribution in [0.2, 0.25) is 0 Å². The number of hydrogen-bond acceptors (Lipinski definition) is 3. The number of benzene rings is 1. The van der Waals surface area contributed by atoms with E-state index in [-0.39, 0.29) is 11.9 Å². The normalized spacial score (nSPS) is 14.7. The lowest BCUT2D eigenvalue weighted by Gasteiger charge is -2.15. The fourth-order valence-corrected chi connectivity index (χ4v) is 2.40. The zero-order chi connectivity index (χ0) is 15.2. The van der Waals surface area contributed by atoms with E-state index in [1.807, 2.05) is 6.07 Å². The highest BCUT2D eigenvalue weighted by Gasteiger charge is 2.14. The summed E-state index contributed by atoms with van der Waals surface area (Å²) in [5.41, 5.74) is 2.54. The smallest absolute Gasteiger partial charge is 0.221 e. The minimum atomic E-state index is 0.116. The summed E-state index contributed by atoms with van der Waals surface area (Å²) in [6, 6.07) is 6.60. The Bertz CT molecular complexity index is 486. The molecule has 0 aliphatic carbocycles. The van der Waals surface area contributed by atoms with Gasteiger partial charge >= 0.3 is 0 Å². The van der Waals surface area contributed by atoms with Crippen LogP contribution in [0.3, 0.4) is 0 Å². The summed E-state index contributed by atoms with van der Waals surface area (Å²) in [7, 11) is 0. The van der Waals surface area contributed by atoms with Crippen molar-refractivity contribution < 1.29 is 9.53 Å². The number of nitrogens with one attached hydrogen (secondary N) is 2. The van der Waals surface area contributed by atoms with E-state index < -0.39 is 0 Å². The molecule has 4 heteroatoms. The monoisotopic (exact) mass is 290 g/mol. The molecule has 0 bridgehead atoms. The van der Waals surface area contributed by atoms with Crippen LogP contribution >= 0.6 is 0 Å². The molecule has 2 N–H and O–H groups in total. The third kappa shape index (κ3) is 4.74. The van der Waals surface area contributed by atoms with E-state index in [0.29, 0.717) is 18.9 Å². The molecule has 0 saturated carbocycles. The van der Waals surface area contributed by atoms with Gasteiger partial charge in [-0.2, -0.15) is 0 Å². The molecule has 1 unspecified atom stereocenters. The average molecular weight is 290 g/mol. The Balaban J connectivity index is 1.74. The van der Waals surface area contributed by atoms with Gasteiger partial charge in [-0.05, 0) is 30.0 Å². The van der Waals surface area contributed by atoms with E-state index in [0.717, 1.165) is 25.3 Å². The van der Waals surface area contributed by atoms with Gasteiger partial charge in [-0.25, -0.2) is 0 Å². The molecule has 1 aromatic rings. The van der Waals surface area contributed by atoms with Crippen molar-refractivity contribution >= 4 is 5.91 Å². The second-order valence-electron chi connectivity index (χ2n) is 6.09. The van der Waals surface area contributed by atoms with Crippen molar-refractivity contribution in [2.45, 2.75) is 39.7 Å². The molecule has 2 rings (SSSR count). The second kappa shape index (κ2) is 7.46. The molecule has 0 aromatic heterocycles. The molecular formula is C17H26N2O2. The lowest BCUT2D eigenvalue weighted by molar-refractivity contribution is -0.121. The molecule has 4 nitrogen and oxygen atoms in total. The number of fused-ring (bicyclic) bond motifs is 1. The minimum Gasteiger partial charge on any atom is -0.493 e. The molecule has 1 amide bonds. The predicted molar refractivity (Wildman–Crippen MR) is 84.5 cm³/mol. The van der Waals surface area contributed by atoms with Crippen LogP contribution in [0.25, 0.3) is 0 Å². The fourth-order valence-electron chi connectivity index (χ4n) is 2.40. The summed E-state index contributed by atoms with van der Waals surface area (Å²) in [6.45, 7) is 8.55. The van der Waals surface area contributed by atoms with Crippen molar-refractivity contribution in [1.29, 1.82) is 0 Å². The molecular weight excluding hydrogens is 264 g/mol. The standard InChI is InChI=1S/C17H26N2O2/c1-12(2)11-19-17(20)6-8-18-13(3)14-4-5-16-15(10-14)7-9-21-16/h4-5,10,12-13,18H,6-9,11H2,1-3H3,(H,19,20). The van der Waals surface area contributed by atoms with Crippen LogP contribution in [0.1, 0.15) is 44.4 Å². The van der Waals surface area contributed by atoms with Crippen molar-refractivity contribution in [3.05, 3.63) is 29.3 Å². The van der Waals surface area contributed by atoms with Crippen LogP contribution in [-0.4, -0.2) is 25.6 Å². The maximum atomic E-state index is 11.7. The topological polar surface area (TPSA) is 50.4 Å². The predicted octanol–water partition coefficient (Wildman–Crippen LogP) is 2.43. The van der Waals surface area contributed by atoms with Gasteiger partial charge in [0.15, 0.2) is 0 Å². The fraction of sp³-hybridized carbons (Fsp3) is 0.588. The van der Waals surface area contributed by atoms with E-state index in [1.165, 1.54) is 11.1 Å². The average Bonchev–Trinajstić information content (AvgIpc) is 2.92. The first kappa shape index (κ1) is 15.8. The molecule has 1 aliphatic rings. The van der Waals surface area contributed by atoms with Gasteiger partial charge in [0.25, 0.3) is 0 Å². The minimum absolute atomic E-state index is 0.116. The number of amides is 1. The molecule has 1 aliphatic heterocycles. The first-order valence-corrected chi connectivity index (χ1v) is 7.82. The molecule has 0 spiro atoms. The van der Waals surface area contributed by atoms with Crippen molar-refractivity contribution in [1.82, 2.24) is 10.6 Å². The van der Waals surface area contributed by atoms with Gasteiger partial charge < -0.3 is 15.4 Å². The van der Waals surface area contributed by atoms with Crippen LogP contribution in [0, 0.1) is 5.92 Å². The lowest BCUT2D eigenvalue weighted by Crippen LogP contribution is -2.31. The molecule has 0 saturated heterocycles. The van der Waals surface area contributed by atoms with Crippen molar-refractivity contribution in [2.24, 2.45) is 5.92 Å². The van der Waals surface area contributed by atoms with Crippen LogP contribution in [-0.2, 0) is 11.2 Å². The largest absolute Gasteiger partial charge is 0.493 e. The number of rotatable bonds is 7. The summed E-state index contributed by atoms with van der Waals surface area (Å²) in [5.74, 6) is 1.62. The van der Waals surface area contributed by atoms with Crippen LogP contribution in [0.5, 0.6) is 5.75 Å². The maximum Gasteiger partial charge on any atom is 0.221 e. The van der Waals surface area contributed by atoms with Crippen LogP contribution in [0.15, 0.2) is 18.2 Å². The molecule has 1 heterocycles. The van der Waals surface area contributed by atoms with Crippen molar-refractivity contribution in [3.63, 3.8) is 0 Å². The first-order valence-electron chi connectivity index (χ1n) is 7.82. The summed E-state index contributed by atoms with van der Waals surface area (Å²) < 4.78 is 5.52. The Morgan fingerprint density at radius 3 is 2.90 bits per heavy atom. The first-order chi connectivity index (χ1) is 10.1. The highest BCUT2D eigenvalue weighted by molar-refractivity contribution is 5.76. The molecule has 21 heavy (non-hydrogen) atoms. The Labute approximate surface area is 127 Å². The Morgan fingerprint density at radius 2 is 2.14 bits per heavy atom. The van der Waals surface area contributed by atoms with E-state index in [4.69, 9.17) is 4.74 Å². The van der Waals surface area contributed by atoms with Gasteiger partial charge in [0.1, 0.15) is 5.75 Å². The van der Waals surface area contributed by atoms with Gasteiger partial charge in [0.05, 0.1) is 6.61 Å². The Morgan fingerprint density at radius 1 is 1.33 bits per heavy atom. The number of ether oxygens (including phenoxy) is 1. The summed E-state index contributed by atoms with van der Waals surface area (Å²) in [5, 5.41) is 6.34. The van der Waals surface area contributed by atoms with Gasteiger partial charge in [-0.3, -0.25) is 4.79 Å². The summed E-state index contributed by atoms with van der Waals surface area (Å²) in [4.78, 5) is 11.7. The van der Waals surface area contributed by atoms with Crippen molar-refractivity contribution in [3.8, 4) is 5.75 Å². The highest BCUT2D eigenvalue weighted by Crippen LogP contribution is 2.27. The quantitative estimate of drug-likeness (QED) is 0.811. The molecule has 0 radical (unpaired) electrons. The van der Waals surface area contributed by atoms with E-state index in [1.54, 1.807) is 0 Å². The third-order valence-electron chi connectivity index (χ3n) is 3.72. The zero-order valence-corrected chi connectivity index (χ0v) is 13.2. The molecule has 1 aromatic carbocycles. The van der Waals surface area contributed by atoms with Gasteiger partial charge in [0.2, 0.25) is 5.91 Å². The van der Waals surface area contributed by atoms with Crippen molar-refractivity contribution in [2.75, 3.05) is 19.7 Å². The van der Waals surface area contributed by atoms with Gasteiger partial charge in [-0.15, -0.1) is 0 Å². The van der Waals surface area contributed by atoms with Crippen LogP contribution < -0.4 is 15.4 Å². The molecule has 1 atom stereocenters. The highest BCUT2D eigenvalue weighted by atomic mass is 16.5. The molecule has 116 valence electrons.